The number of ketones is 2. The van der Waals surface area contributed by atoms with Gasteiger partial charge >= 0.3 is 0 Å². The summed E-state index contributed by atoms with van der Waals surface area (Å²) in [6.45, 7) is 2.25. The van der Waals surface area contributed by atoms with Gasteiger partial charge in [0.15, 0.2) is 11.5 Å². The van der Waals surface area contributed by atoms with E-state index in [2.05, 4.69) is 0 Å². The largest absolute Gasteiger partial charge is 0.493 e. The molecule has 0 radical (unpaired) electrons. The van der Waals surface area contributed by atoms with Crippen LogP contribution in [0.5, 0.6) is 0 Å². The van der Waals surface area contributed by atoms with Gasteiger partial charge in [0, 0.05) is 18.1 Å². The van der Waals surface area contributed by atoms with E-state index in [4.69, 9.17) is 13.9 Å². The van der Waals surface area contributed by atoms with Crippen molar-refractivity contribution in [2.45, 2.75) is 25.9 Å². The van der Waals surface area contributed by atoms with Gasteiger partial charge in [-0.25, -0.2) is 0 Å². The van der Waals surface area contributed by atoms with Gasteiger partial charge in [-0.2, -0.15) is 0 Å². The van der Waals surface area contributed by atoms with Gasteiger partial charge in [0.2, 0.25) is 5.78 Å². The first-order valence-electron chi connectivity index (χ1n) is 7.97. The van der Waals surface area contributed by atoms with Crippen molar-refractivity contribution >= 4 is 11.6 Å². The van der Waals surface area contributed by atoms with Gasteiger partial charge in [0.25, 0.3) is 0 Å². The second-order valence-corrected chi connectivity index (χ2v) is 6.54. The molecule has 24 heavy (non-hydrogen) atoms. The van der Waals surface area contributed by atoms with Crippen LogP contribution in [0.15, 0.2) is 57.4 Å². The lowest BCUT2D eigenvalue weighted by atomic mass is 9.64. The van der Waals surface area contributed by atoms with E-state index in [1.54, 1.807) is 6.26 Å². The van der Waals surface area contributed by atoms with Crippen molar-refractivity contribution < 1.29 is 23.5 Å². The highest BCUT2D eigenvalue weighted by molar-refractivity contribution is 6.21. The van der Waals surface area contributed by atoms with E-state index in [-0.39, 0.29) is 23.4 Å². The molecule has 1 fully saturated rings. The average Bonchev–Trinajstić information content (AvgIpc) is 3.12. The van der Waals surface area contributed by atoms with Gasteiger partial charge in [-0.05, 0) is 36.6 Å². The van der Waals surface area contributed by atoms with Crippen molar-refractivity contribution in [1.82, 2.24) is 0 Å². The Labute approximate surface area is 139 Å². The van der Waals surface area contributed by atoms with E-state index in [1.165, 1.54) is 13.2 Å². The Kier molecular flexibility index (Phi) is 3.35. The second-order valence-electron chi connectivity index (χ2n) is 6.54. The number of carbonyl (C=O) groups is 2. The number of fused-ring (bicyclic) bond motifs is 2. The van der Waals surface area contributed by atoms with Gasteiger partial charge in [-0.3, -0.25) is 9.59 Å². The molecule has 0 saturated carbocycles. The smallest absolute Gasteiger partial charge is 0.224 e. The number of Topliss-reactive ketones (excluding diaryl/α,β-unsaturated/α-hetero) is 1. The number of hydrogen-bond acceptors (Lipinski definition) is 5. The van der Waals surface area contributed by atoms with Crippen LogP contribution in [0.4, 0.5) is 0 Å². The third-order valence-electron chi connectivity index (χ3n) is 5.16. The number of allylic oxidation sites excluding steroid dienone is 3. The third-order valence-corrected chi connectivity index (χ3v) is 5.16. The molecule has 5 heteroatoms. The molecule has 5 nitrogen and oxygen atoms in total. The maximum absolute atomic E-state index is 12.9. The van der Waals surface area contributed by atoms with E-state index in [0.29, 0.717) is 25.0 Å². The first kappa shape index (κ1) is 15.1. The number of furan rings is 1. The third kappa shape index (κ3) is 2.04. The van der Waals surface area contributed by atoms with Crippen LogP contribution < -0.4 is 0 Å². The topological polar surface area (TPSA) is 65.7 Å². The summed E-state index contributed by atoms with van der Waals surface area (Å²) in [6.07, 6.45) is 5.73. The molecular weight excluding hydrogens is 308 g/mol. The minimum atomic E-state index is -0.816. The van der Waals surface area contributed by atoms with E-state index >= 15 is 0 Å². The number of ether oxygens (including phenoxy) is 2. The van der Waals surface area contributed by atoms with E-state index < -0.39 is 5.41 Å². The number of carbonyl (C=O) groups excluding carboxylic acids is 2. The normalized spacial score (nSPS) is 29.7. The molecule has 0 aromatic carbocycles. The van der Waals surface area contributed by atoms with Gasteiger partial charge in [0.1, 0.15) is 11.9 Å². The second kappa shape index (κ2) is 5.31. The molecule has 2 aliphatic carbocycles. The molecule has 0 bridgehead atoms. The fourth-order valence-corrected chi connectivity index (χ4v) is 3.75. The van der Waals surface area contributed by atoms with Crippen molar-refractivity contribution in [3.8, 4) is 0 Å². The van der Waals surface area contributed by atoms with Crippen molar-refractivity contribution in [3.05, 3.63) is 58.8 Å². The highest BCUT2D eigenvalue weighted by Crippen LogP contribution is 2.49. The van der Waals surface area contributed by atoms with Crippen LogP contribution in [0.1, 0.15) is 31.6 Å². The number of methoxy groups -OCH3 is 1. The SMILES string of the molecule is COC1=CC(=O)[C@]2(C)CC=C3CO[C@H](c4ccco4)CC3=C2C1=O. The van der Waals surface area contributed by atoms with Gasteiger partial charge in [-0.15, -0.1) is 0 Å². The van der Waals surface area contributed by atoms with E-state index in [1.807, 2.05) is 25.1 Å². The monoisotopic (exact) mass is 326 g/mol. The summed E-state index contributed by atoms with van der Waals surface area (Å²) < 4.78 is 16.5. The molecule has 1 aromatic heterocycles. The van der Waals surface area contributed by atoms with Crippen LogP contribution in [-0.2, 0) is 19.1 Å². The van der Waals surface area contributed by atoms with Crippen molar-refractivity contribution in [3.63, 3.8) is 0 Å². The predicted molar refractivity (Wildman–Crippen MR) is 85.0 cm³/mol. The minimum Gasteiger partial charge on any atom is -0.493 e. The van der Waals surface area contributed by atoms with Crippen molar-refractivity contribution in [1.29, 1.82) is 0 Å². The van der Waals surface area contributed by atoms with Gasteiger partial charge in [0.05, 0.1) is 25.4 Å². The van der Waals surface area contributed by atoms with Gasteiger partial charge in [-0.1, -0.05) is 6.08 Å². The molecule has 4 rings (SSSR count). The lowest BCUT2D eigenvalue weighted by Gasteiger charge is -2.40. The summed E-state index contributed by atoms with van der Waals surface area (Å²) in [4.78, 5) is 25.5. The van der Waals surface area contributed by atoms with Crippen LogP contribution >= 0.6 is 0 Å². The maximum atomic E-state index is 12.9. The Morgan fingerprint density at radius 1 is 1.33 bits per heavy atom. The van der Waals surface area contributed by atoms with Crippen molar-refractivity contribution in [2.24, 2.45) is 5.41 Å². The molecule has 1 aliphatic heterocycles. The van der Waals surface area contributed by atoms with Crippen LogP contribution in [0.3, 0.4) is 0 Å². The molecule has 3 aliphatic rings. The van der Waals surface area contributed by atoms with Crippen LogP contribution in [0.2, 0.25) is 0 Å². The highest BCUT2D eigenvalue weighted by Gasteiger charge is 2.48. The Balaban J connectivity index is 1.83. The molecule has 0 unspecified atom stereocenters. The van der Waals surface area contributed by atoms with Crippen LogP contribution in [0.25, 0.3) is 0 Å². The quantitative estimate of drug-likeness (QED) is 0.835. The molecule has 0 amide bonds. The fraction of sp³-hybridized carbons (Fsp3) is 0.368. The highest BCUT2D eigenvalue weighted by atomic mass is 16.5. The first-order valence-corrected chi connectivity index (χ1v) is 7.97. The van der Waals surface area contributed by atoms with E-state index in [0.717, 1.165) is 16.9 Å². The minimum absolute atomic E-state index is 0.0854. The maximum Gasteiger partial charge on any atom is 0.224 e. The average molecular weight is 326 g/mol. The summed E-state index contributed by atoms with van der Waals surface area (Å²) in [7, 11) is 1.42. The molecule has 0 spiro atoms. The number of hydrogen-bond donors (Lipinski definition) is 0. The summed E-state index contributed by atoms with van der Waals surface area (Å²) in [5.74, 6) is 0.562. The summed E-state index contributed by atoms with van der Waals surface area (Å²) in [5.41, 5.74) is 1.63. The summed E-state index contributed by atoms with van der Waals surface area (Å²) >= 11 is 0. The first-order chi connectivity index (χ1) is 11.5. The zero-order valence-electron chi connectivity index (χ0n) is 13.6. The Hall–Kier alpha value is -2.40. The van der Waals surface area contributed by atoms with E-state index in [9.17, 15) is 9.59 Å². The molecule has 1 aromatic rings. The Morgan fingerprint density at radius 2 is 2.17 bits per heavy atom. The predicted octanol–water partition coefficient (Wildman–Crippen LogP) is 3.06. The molecule has 1 saturated heterocycles. The molecule has 2 heterocycles. The fourth-order valence-electron chi connectivity index (χ4n) is 3.75. The van der Waals surface area contributed by atoms with Crippen LogP contribution in [-0.4, -0.2) is 25.3 Å². The molecule has 2 atom stereocenters. The molecule has 124 valence electrons. The summed E-state index contributed by atoms with van der Waals surface area (Å²) in [5, 5.41) is 0. The number of rotatable bonds is 2. The molecule has 0 N–H and O–H groups in total. The lowest BCUT2D eigenvalue weighted by molar-refractivity contribution is -0.127. The molecular formula is C19H18O5. The lowest BCUT2D eigenvalue weighted by Crippen LogP contribution is -2.41. The zero-order chi connectivity index (χ0) is 16.9. The van der Waals surface area contributed by atoms with Crippen LogP contribution in [0, 0.1) is 5.41 Å². The standard InChI is InChI=1S/C19H18O5/c1-19-6-5-11-10-24-14(13-4-3-7-23-13)8-12(11)17(19)18(21)15(22-2)9-16(19)20/h3-5,7,9,14H,6,8,10H2,1-2H3/t14-,19-/m0/s1. The van der Waals surface area contributed by atoms with Crippen molar-refractivity contribution in [2.75, 3.05) is 13.7 Å². The van der Waals surface area contributed by atoms with Gasteiger partial charge < -0.3 is 13.9 Å². The Bertz CT molecular complexity index is 809. The Morgan fingerprint density at radius 3 is 2.88 bits per heavy atom. The summed E-state index contributed by atoms with van der Waals surface area (Å²) in [6, 6.07) is 3.68. The zero-order valence-corrected chi connectivity index (χ0v) is 13.6.